The van der Waals surface area contributed by atoms with Crippen LogP contribution in [0.2, 0.25) is 0 Å². The quantitative estimate of drug-likeness (QED) is 0.610. The Kier molecular flexibility index (Phi) is 5.40. The van der Waals surface area contributed by atoms with Gasteiger partial charge in [0.25, 0.3) is 0 Å². The molecule has 0 spiro atoms. The van der Waals surface area contributed by atoms with E-state index in [-0.39, 0.29) is 41.4 Å². The average Bonchev–Trinajstić information content (AvgIpc) is 2.80. The van der Waals surface area contributed by atoms with Crippen LogP contribution in [-0.4, -0.2) is 11.6 Å². The van der Waals surface area contributed by atoms with Crippen molar-refractivity contribution in [1.29, 1.82) is 5.26 Å². The number of nitrogens with zero attached hydrogens (tertiary/aromatic N) is 1. The van der Waals surface area contributed by atoms with Crippen LogP contribution in [0, 0.1) is 11.3 Å². The molecule has 0 saturated heterocycles. The molecular weight excluding hydrogens is 378 g/mol. The highest BCUT2D eigenvalue weighted by Crippen LogP contribution is 2.31. The lowest BCUT2D eigenvalue weighted by molar-refractivity contribution is 0.0720. The Labute approximate surface area is 173 Å². The summed E-state index contributed by atoms with van der Waals surface area (Å²) in [5.74, 6) is -1.31. The van der Waals surface area contributed by atoms with E-state index < -0.39 is 11.6 Å². The fraction of sp³-hybridized carbons (Fsp3) is 0.0800. The molecule has 0 heterocycles. The molecule has 0 unspecified atom stereocenters. The maximum absolute atomic E-state index is 13.2. The van der Waals surface area contributed by atoms with Crippen molar-refractivity contribution in [2.75, 3.05) is 0 Å². The molecule has 0 aliphatic heterocycles. The Hall–Kier alpha value is -4.17. The Bertz CT molecular complexity index is 1170. The molecule has 0 bridgehead atoms. The zero-order valence-corrected chi connectivity index (χ0v) is 16.0. The van der Waals surface area contributed by atoms with Crippen molar-refractivity contribution < 1.29 is 19.1 Å². The molecule has 0 aromatic heterocycles. The number of nitriles is 1. The fourth-order valence-corrected chi connectivity index (χ4v) is 3.24. The Balaban J connectivity index is 1.72. The molecular formula is C25H17NO4. The van der Waals surface area contributed by atoms with E-state index in [9.17, 15) is 14.9 Å². The van der Waals surface area contributed by atoms with Crippen LogP contribution in [0.15, 0.2) is 90.4 Å². The molecule has 0 atom stereocenters. The molecule has 1 aliphatic rings. The number of fused-ring (bicyclic) bond motifs is 1. The number of hydrogen-bond acceptors (Lipinski definition) is 5. The normalized spacial score (nSPS) is 12.9. The van der Waals surface area contributed by atoms with Gasteiger partial charge in [-0.2, -0.15) is 5.26 Å². The molecule has 0 fully saturated rings. The van der Waals surface area contributed by atoms with Gasteiger partial charge in [-0.25, -0.2) is 0 Å². The fourth-order valence-electron chi connectivity index (χ4n) is 3.24. The second-order valence-electron chi connectivity index (χ2n) is 6.70. The lowest BCUT2D eigenvalue weighted by atomic mass is 9.89. The molecule has 4 rings (SSSR count). The Morgan fingerprint density at radius 3 is 1.73 bits per heavy atom. The van der Waals surface area contributed by atoms with Gasteiger partial charge in [0.15, 0.2) is 0 Å². The third-order valence-electron chi connectivity index (χ3n) is 4.73. The van der Waals surface area contributed by atoms with Crippen molar-refractivity contribution >= 4 is 11.6 Å². The van der Waals surface area contributed by atoms with E-state index in [4.69, 9.17) is 9.47 Å². The number of carbonyl (C=O) groups excluding carboxylic acids is 2. The number of benzene rings is 3. The standard InChI is InChI=1S/C25H17NO4/c26-14-19-12-7-13-20-21(19)23(28)25(30-16-18-10-5-2-6-11-18)24(22(20)27)29-15-17-8-3-1-4-9-17/h1-13H,15-16H2. The van der Waals surface area contributed by atoms with Gasteiger partial charge in [0.05, 0.1) is 17.2 Å². The first-order valence-electron chi connectivity index (χ1n) is 9.39. The molecule has 5 nitrogen and oxygen atoms in total. The van der Waals surface area contributed by atoms with Crippen LogP contribution < -0.4 is 0 Å². The summed E-state index contributed by atoms with van der Waals surface area (Å²) in [4.78, 5) is 26.4. The number of allylic oxidation sites excluding steroid dienone is 2. The van der Waals surface area contributed by atoms with E-state index in [0.29, 0.717) is 0 Å². The Morgan fingerprint density at radius 2 is 1.20 bits per heavy atom. The van der Waals surface area contributed by atoms with Crippen LogP contribution in [0.3, 0.4) is 0 Å². The summed E-state index contributed by atoms with van der Waals surface area (Å²) in [5.41, 5.74) is 2.03. The smallest absolute Gasteiger partial charge is 0.233 e. The lowest BCUT2D eigenvalue weighted by Gasteiger charge is -2.22. The lowest BCUT2D eigenvalue weighted by Crippen LogP contribution is -2.26. The van der Waals surface area contributed by atoms with Crippen LogP contribution in [0.25, 0.3) is 0 Å². The summed E-state index contributed by atoms with van der Waals surface area (Å²) in [5, 5.41) is 9.41. The first-order valence-corrected chi connectivity index (χ1v) is 9.39. The monoisotopic (exact) mass is 395 g/mol. The molecule has 1 aliphatic carbocycles. The van der Waals surface area contributed by atoms with E-state index >= 15 is 0 Å². The van der Waals surface area contributed by atoms with E-state index in [1.807, 2.05) is 66.7 Å². The predicted molar refractivity (Wildman–Crippen MR) is 109 cm³/mol. The molecule has 0 amide bonds. The van der Waals surface area contributed by atoms with Gasteiger partial charge in [0.2, 0.25) is 23.1 Å². The van der Waals surface area contributed by atoms with E-state index in [0.717, 1.165) is 11.1 Å². The first kappa shape index (κ1) is 19.2. The third kappa shape index (κ3) is 3.71. The van der Waals surface area contributed by atoms with Crippen LogP contribution in [0.1, 0.15) is 37.4 Å². The molecule has 30 heavy (non-hydrogen) atoms. The zero-order chi connectivity index (χ0) is 20.9. The SMILES string of the molecule is N#Cc1cccc2c1C(=O)C(OCc1ccccc1)=C(OCc1ccccc1)C2=O. The van der Waals surface area contributed by atoms with Crippen molar-refractivity contribution in [3.8, 4) is 6.07 Å². The van der Waals surface area contributed by atoms with Crippen LogP contribution in [0.5, 0.6) is 0 Å². The Morgan fingerprint density at radius 1 is 0.667 bits per heavy atom. The van der Waals surface area contributed by atoms with Crippen molar-refractivity contribution in [2.24, 2.45) is 0 Å². The van der Waals surface area contributed by atoms with E-state index in [1.54, 1.807) is 6.07 Å². The molecule has 0 radical (unpaired) electrons. The van der Waals surface area contributed by atoms with Crippen molar-refractivity contribution in [1.82, 2.24) is 0 Å². The maximum atomic E-state index is 13.2. The van der Waals surface area contributed by atoms with E-state index in [2.05, 4.69) is 0 Å². The van der Waals surface area contributed by atoms with Gasteiger partial charge in [0.1, 0.15) is 13.2 Å². The molecule has 3 aromatic carbocycles. The van der Waals surface area contributed by atoms with Crippen molar-refractivity contribution in [2.45, 2.75) is 13.2 Å². The van der Waals surface area contributed by atoms with Gasteiger partial charge in [-0.3, -0.25) is 9.59 Å². The molecule has 3 aromatic rings. The topological polar surface area (TPSA) is 76.4 Å². The summed E-state index contributed by atoms with van der Waals surface area (Å²) in [6, 6.07) is 25.2. The summed E-state index contributed by atoms with van der Waals surface area (Å²) in [7, 11) is 0. The van der Waals surface area contributed by atoms with Crippen molar-refractivity contribution in [3.63, 3.8) is 0 Å². The predicted octanol–water partition coefficient (Wildman–Crippen LogP) is 4.58. The second-order valence-corrected chi connectivity index (χ2v) is 6.70. The van der Waals surface area contributed by atoms with Crippen LogP contribution >= 0.6 is 0 Å². The molecule has 146 valence electrons. The number of hydrogen-bond donors (Lipinski definition) is 0. The summed E-state index contributed by atoms with van der Waals surface area (Å²) >= 11 is 0. The van der Waals surface area contributed by atoms with Gasteiger partial charge in [-0.15, -0.1) is 0 Å². The summed E-state index contributed by atoms with van der Waals surface area (Å²) in [6.45, 7) is 0.206. The van der Waals surface area contributed by atoms with Crippen LogP contribution in [-0.2, 0) is 22.7 Å². The van der Waals surface area contributed by atoms with Crippen LogP contribution in [0.4, 0.5) is 0 Å². The van der Waals surface area contributed by atoms with Gasteiger partial charge in [0, 0.05) is 5.56 Å². The number of Topliss-reactive ketones (excluding diaryl/α,β-unsaturated/α-hetero) is 2. The third-order valence-corrected chi connectivity index (χ3v) is 4.73. The number of ether oxygens (including phenoxy) is 2. The largest absolute Gasteiger partial charge is 0.481 e. The molecule has 0 N–H and O–H groups in total. The van der Waals surface area contributed by atoms with E-state index in [1.165, 1.54) is 12.1 Å². The summed E-state index contributed by atoms with van der Waals surface area (Å²) in [6.07, 6.45) is 0. The van der Waals surface area contributed by atoms with Gasteiger partial charge < -0.3 is 9.47 Å². The first-order chi connectivity index (χ1) is 14.7. The van der Waals surface area contributed by atoms with Gasteiger partial charge in [-0.1, -0.05) is 72.8 Å². The van der Waals surface area contributed by atoms with Crippen molar-refractivity contribution in [3.05, 3.63) is 118 Å². The molecule has 0 saturated carbocycles. The zero-order valence-electron chi connectivity index (χ0n) is 16.0. The summed E-state index contributed by atoms with van der Waals surface area (Å²) < 4.78 is 11.6. The highest BCUT2D eigenvalue weighted by molar-refractivity contribution is 6.26. The minimum atomic E-state index is -0.527. The highest BCUT2D eigenvalue weighted by Gasteiger charge is 2.37. The van der Waals surface area contributed by atoms with Gasteiger partial charge in [-0.05, 0) is 17.2 Å². The molecule has 5 heteroatoms. The number of rotatable bonds is 6. The number of carbonyl (C=O) groups is 2. The maximum Gasteiger partial charge on any atom is 0.233 e. The van der Waals surface area contributed by atoms with Gasteiger partial charge >= 0.3 is 0 Å². The second kappa shape index (κ2) is 8.46. The minimum Gasteiger partial charge on any atom is -0.481 e. The minimum absolute atomic E-state index is 0.0557. The average molecular weight is 395 g/mol. The number of ketones is 2. The highest BCUT2D eigenvalue weighted by atomic mass is 16.5.